The smallest absolute Gasteiger partial charge is 0.127 e. The number of benzene rings is 1. The van der Waals surface area contributed by atoms with Crippen LogP contribution in [0.1, 0.15) is 50.7 Å². The molecule has 112 valence electrons. The Morgan fingerprint density at radius 2 is 1.95 bits per heavy atom. The average molecular weight is 280 g/mol. The van der Waals surface area contributed by atoms with E-state index in [0.717, 1.165) is 42.7 Å². The van der Waals surface area contributed by atoms with Crippen LogP contribution in [0.25, 0.3) is 0 Å². The quantitative estimate of drug-likeness (QED) is 0.821. The minimum Gasteiger partial charge on any atom is -0.493 e. The fourth-order valence-corrected chi connectivity index (χ4v) is 2.80. The first-order valence-corrected chi connectivity index (χ1v) is 7.80. The van der Waals surface area contributed by atoms with E-state index in [1.807, 2.05) is 19.9 Å². The molecule has 0 aromatic heterocycles. The molecule has 1 fully saturated rings. The van der Waals surface area contributed by atoms with Gasteiger partial charge in [0.2, 0.25) is 0 Å². The highest BCUT2D eigenvalue weighted by Crippen LogP contribution is 2.35. The molecule has 0 radical (unpaired) electrons. The van der Waals surface area contributed by atoms with Gasteiger partial charge in [0.25, 0.3) is 0 Å². The molecule has 2 aliphatic rings. The van der Waals surface area contributed by atoms with Crippen LogP contribution in [0.5, 0.6) is 5.75 Å². The van der Waals surface area contributed by atoms with Crippen molar-refractivity contribution in [1.82, 2.24) is 0 Å². The first kappa shape index (κ1) is 15.3. The summed E-state index contributed by atoms with van der Waals surface area (Å²) in [5, 5.41) is 0. The van der Waals surface area contributed by atoms with Crippen LogP contribution in [0.3, 0.4) is 0 Å². The molecule has 0 N–H and O–H groups in total. The van der Waals surface area contributed by atoms with Crippen molar-refractivity contribution < 1.29 is 13.9 Å². The molecule has 0 saturated carbocycles. The molecule has 20 heavy (non-hydrogen) atoms. The van der Waals surface area contributed by atoms with Crippen molar-refractivity contribution in [2.24, 2.45) is 5.92 Å². The number of fused-ring (bicyclic) bond motifs is 1. The molecule has 0 spiro atoms. The molecule has 1 aromatic carbocycles. The lowest BCUT2D eigenvalue weighted by Crippen LogP contribution is -2.27. The van der Waals surface area contributed by atoms with Crippen LogP contribution in [0, 0.1) is 11.7 Å². The fourth-order valence-electron chi connectivity index (χ4n) is 2.80. The van der Waals surface area contributed by atoms with E-state index in [9.17, 15) is 4.39 Å². The van der Waals surface area contributed by atoms with E-state index in [4.69, 9.17) is 9.47 Å². The van der Waals surface area contributed by atoms with Gasteiger partial charge in [-0.25, -0.2) is 4.39 Å². The summed E-state index contributed by atoms with van der Waals surface area (Å²) in [7, 11) is 0. The summed E-state index contributed by atoms with van der Waals surface area (Å²) < 4.78 is 25.0. The summed E-state index contributed by atoms with van der Waals surface area (Å²) in [5.41, 5.74) is 1.79. The average Bonchev–Trinajstić information content (AvgIpc) is 2.40. The molecule has 2 aliphatic heterocycles. The maximum Gasteiger partial charge on any atom is 0.127 e. The summed E-state index contributed by atoms with van der Waals surface area (Å²) in [6, 6.07) is 3.56. The Morgan fingerprint density at radius 3 is 2.55 bits per heavy atom. The zero-order valence-electron chi connectivity index (χ0n) is 12.7. The Morgan fingerprint density at radius 1 is 1.20 bits per heavy atom. The molecule has 3 rings (SSSR count). The molecule has 3 heteroatoms. The zero-order chi connectivity index (χ0) is 14.5. The van der Waals surface area contributed by atoms with Crippen LogP contribution >= 0.6 is 0 Å². The number of ether oxygens (including phenoxy) is 2. The molecule has 0 amide bonds. The Kier molecular flexibility index (Phi) is 5.41. The van der Waals surface area contributed by atoms with Crippen LogP contribution in [0.15, 0.2) is 12.1 Å². The molecular weight excluding hydrogens is 255 g/mol. The number of rotatable bonds is 3. The summed E-state index contributed by atoms with van der Waals surface area (Å²) in [6.45, 7) is 8.21. The highest BCUT2D eigenvalue weighted by molar-refractivity contribution is 5.42. The third-order valence-corrected chi connectivity index (χ3v) is 3.94. The van der Waals surface area contributed by atoms with Crippen molar-refractivity contribution in [3.63, 3.8) is 0 Å². The second-order valence-corrected chi connectivity index (χ2v) is 5.39. The maximum absolute atomic E-state index is 14.1. The van der Waals surface area contributed by atoms with Gasteiger partial charge in [-0.1, -0.05) is 27.2 Å². The van der Waals surface area contributed by atoms with E-state index in [2.05, 4.69) is 6.92 Å². The fraction of sp³-hybridized carbons (Fsp3) is 0.647. The molecule has 2 heterocycles. The van der Waals surface area contributed by atoms with Crippen molar-refractivity contribution in [2.45, 2.75) is 46.0 Å². The first-order valence-electron chi connectivity index (χ1n) is 7.80. The van der Waals surface area contributed by atoms with Crippen LogP contribution in [0.4, 0.5) is 4.39 Å². The van der Waals surface area contributed by atoms with E-state index in [0.29, 0.717) is 19.1 Å². The van der Waals surface area contributed by atoms with E-state index >= 15 is 0 Å². The van der Waals surface area contributed by atoms with Gasteiger partial charge in [-0.05, 0) is 42.0 Å². The number of halogens is 1. The Labute approximate surface area is 121 Å². The van der Waals surface area contributed by atoms with Gasteiger partial charge in [0.05, 0.1) is 19.8 Å². The summed E-state index contributed by atoms with van der Waals surface area (Å²) in [4.78, 5) is 0. The second kappa shape index (κ2) is 7.07. The minimum absolute atomic E-state index is 0.0946. The first-order chi connectivity index (χ1) is 9.78. The lowest BCUT2D eigenvalue weighted by molar-refractivity contribution is 0.00687. The molecule has 1 saturated heterocycles. The molecule has 0 bridgehead atoms. The van der Waals surface area contributed by atoms with Gasteiger partial charge in [-0.2, -0.15) is 0 Å². The van der Waals surface area contributed by atoms with Crippen molar-refractivity contribution in [3.8, 4) is 5.75 Å². The van der Waals surface area contributed by atoms with E-state index in [1.165, 1.54) is 0 Å². The lowest BCUT2D eigenvalue weighted by atomic mass is 9.89. The molecule has 2 nitrogen and oxygen atoms in total. The van der Waals surface area contributed by atoms with Crippen LogP contribution in [-0.2, 0) is 11.2 Å². The van der Waals surface area contributed by atoms with Crippen molar-refractivity contribution in [2.75, 3.05) is 19.8 Å². The van der Waals surface area contributed by atoms with E-state index < -0.39 is 0 Å². The lowest BCUT2D eigenvalue weighted by Gasteiger charge is -2.30. The number of hydrogen-bond donors (Lipinski definition) is 0. The summed E-state index contributed by atoms with van der Waals surface area (Å²) in [6.07, 6.45) is 3.25. The SMILES string of the molecule is CC.CCCC1COc2cc(C3COC3)c(F)cc2C1. The zero-order valence-corrected chi connectivity index (χ0v) is 12.7. The Bertz CT molecular complexity index is 441. The number of hydrogen-bond acceptors (Lipinski definition) is 2. The maximum atomic E-state index is 14.1. The highest BCUT2D eigenvalue weighted by Gasteiger charge is 2.27. The summed E-state index contributed by atoms with van der Waals surface area (Å²) >= 11 is 0. The third-order valence-electron chi connectivity index (χ3n) is 3.94. The highest BCUT2D eigenvalue weighted by atomic mass is 19.1. The van der Waals surface area contributed by atoms with E-state index in [1.54, 1.807) is 6.07 Å². The van der Waals surface area contributed by atoms with Gasteiger partial charge in [0.15, 0.2) is 0 Å². The molecule has 1 unspecified atom stereocenters. The standard InChI is InChI=1S/C15H19FO2.C2H6/c1-2-3-10-4-11-5-14(16)13(12-8-17-9-12)6-15(11)18-7-10;1-2/h5-6,10,12H,2-4,7-9H2,1H3;1-2H3. The summed E-state index contributed by atoms with van der Waals surface area (Å²) in [5.74, 6) is 1.54. The minimum atomic E-state index is -0.0946. The largest absolute Gasteiger partial charge is 0.493 e. The Hall–Kier alpha value is -1.09. The van der Waals surface area contributed by atoms with Crippen LogP contribution in [0.2, 0.25) is 0 Å². The molecule has 1 aromatic rings. The van der Waals surface area contributed by atoms with Crippen molar-refractivity contribution >= 4 is 0 Å². The molecule has 1 atom stereocenters. The van der Waals surface area contributed by atoms with Gasteiger partial charge in [-0.15, -0.1) is 0 Å². The van der Waals surface area contributed by atoms with Crippen LogP contribution < -0.4 is 4.74 Å². The Balaban J connectivity index is 0.000000704. The van der Waals surface area contributed by atoms with Crippen molar-refractivity contribution in [3.05, 3.63) is 29.1 Å². The monoisotopic (exact) mass is 280 g/mol. The van der Waals surface area contributed by atoms with Gasteiger partial charge in [0, 0.05) is 5.92 Å². The van der Waals surface area contributed by atoms with E-state index in [-0.39, 0.29) is 11.7 Å². The predicted octanol–water partition coefficient (Wildman–Crippen LogP) is 4.32. The van der Waals surface area contributed by atoms with Crippen molar-refractivity contribution in [1.29, 1.82) is 0 Å². The topological polar surface area (TPSA) is 18.5 Å². The van der Waals surface area contributed by atoms with Gasteiger partial charge >= 0.3 is 0 Å². The predicted molar refractivity (Wildman–Crippen MR) is 78.9 cm³/mol. The van der Waals surface area contributed by atoms with Gasteiger partial charge in [0.1, 0.15) is 11.6 Å². The van der Waals surface area contributed by atoms with Gasteiger partial charge < -0.3 is 9.47 Å². The third kappa shape index (κ3) is 3.14. The molecular formula is C17H25FO2. The molecule has 0 aliphatic carbocycles. The van der Waals surface area contributed by atoms with Crippen LogP contribution in [-0.4, -0.2) is 19.8 Å². The van der Waals surface area contributed by atoms with Gasteiger partial charge in [-0.3, -0.25) is 0 Å². The normalized spacial score (nSPS) is 21.1. The second-order valence-electron chi connectivity index (χ2n) is 5.39.